The molecule has 2 fully saturated rings. The smallest absolute Gasteiger partial charge is 0.246 e. The van der Waals surface area contributed by atoms with E-state index >= 15 is 0 Å². The number of fused-ring (bicyclic) bond motifs is 2. The average Bonchev–Trinajstić information content (AvgIpc) is 3.10. The van der Waals surface area contributed by atoms with Gasteiger partial charge in [0.05, 0.1) is 42.6 Å². The maximum atomic E-state index is 12.7. The lowest BCUT2D eigenvalue weighted by Crippen LogP contribution is -2.55. The van der Waals surface area contributed by atoms with Gasteiger partial charge in [0, 0.05) is 63.0 Å². The maximum absolute atomic E-state index is 12.7. The van der Waals surface area contributed by atoms with Crippen molar-refractivity contribution in [3.8, 4) is 18.0 Å². The van der Waals surface area contributed by atoms with Crippen molar-refractivity contribution in [1.82, 2.24) is 14.8 Å². The van der Waals surface area contributed by atoms with Crippen molar-refractivity contribution in [3.05, 3.63) is 71.4 Å². The predicted molar refractivity (Wildman–Crippen MR) is 182 cm³/mol. The summed E-state index contributed by atoms with van der Waals surface area (Å²) < 4.78 is 12.0. The number of anilines is 2. The summed E-state index contributed by atoms with van der Waals surface area (Å²) in [5.74, 6) is 0.166. The second-order valence-electron chi connectivity index (χ2n) is 12.6. The Morgan fingerprint density at radius 2 is 1.94 bits per heavy atom. The number of rotatable bonds is 9. The first-order valence-electron chi connectivity index (χ1n) is 16.6. The first-order valence-corrected chi connectivity index (χ1v) is 16.6. The zero-order chi connectivity index (χ0) is 32.9. The van der Waals surface area contributed by atoms with Gasteiger partial charge in [-0.3, -0.25) is 9.69 Å². The van der Waals surface area contributed by atoms with Gasteiger partial charge >= 0.3 is 0 Å². The maximum Gasteiger partial charge on any atom is 0.246 e. The van der Waals surface area contributed by atoms with Crippen LogP contribution < -0.4 is 14.5 Å². The number of pyridine rings is 1. The summed E-state index contributed by atoms with van der Waals surface area (Å²) in [7, 11) is 1.76. The molecule has 4 heterocycles. The van der Waals surface area contributed by atoms with Crippen LogP contribution in [0.15, 0.2) is 49.1 Å². The molecule has 47 heavy (non-hydrogen) atoms. The molecule has 1 amide bonds. The van der Waals surface area contributed by atoms with Crippen molar-refractivity contribution in [3.63, 3.8) is 0 Å². The normalized spacial score (nSPS) is 20.0. The van der Waals surface area contributed by atoms with Crippen molar-refractivity contribution in [2.75, 3.05) is 69.3 Å². The Balaban J connectivity index is 1.35. The number of piperidine rings is 1. The molecule has 0 radical (unpaired) electrons. The van der Waals surface area contributed by atoms with E-state index < -0.39 is 0 Å². The number of nitrogens with zero attached hydrogens (tertiary/aromatic N) is 7. The van der Waals surface area contributed by atoms with E-state index in [1.807, 2.05) is 0 Å². The minimum Gasteiger partial charge on any atom is -0.475 e. The monoisotopic (exact) mass is 633 g/mol. The highest BCUT2D eigenvalue weighted by molar-refractivity contribution is 5.97. The summed E-state index contributed by atoms with van der Waals surface area (Å²) in [6.45, 7) is 11.5. The fraction of sp³-hybridized carbons (Fsp3) is 0.459. The third-order valence-electron chi connectivity index (χ3n) is 9.86. The molecule has 0 bridgehead atoms. The molecule has 0 N–H and O–H groups in total. The second kappa shape index (κ2) is 14.4. The summed E-state index contributed by atoms with van der Waals surface area (Å²) in [5, 5.41) is 22.7. The van der Waals surface area contributed by atoms with E-state index in [0.29, 0.717) is 57.2 Å². The van der Waals surface area contributed by atoms with Gasteiger partial charge in [0.1, 0.15) is 18.2 Å². The number of benzene rings is 2. The number of hydrogen-bond acceptors (Lipinski definition) is 9. The second-order valence-corrected chi connectivity index (χ2v) is 12.6. The fourth-order valence-electron chi connectivity index (χ4n) is 7.49. The molecule has 3 aromatic rings. The van der Waals surface area contributed by atoms with E-state index in [0.717, 1.165) is 49.4 Å². The number of aromatic nitrogens is 1. The third kappa shape index (κ3) is 6.62. The molecule has 10 nitrogen and oxygen atoms in total. The number of carbonyl (C=O) groups excluding carboxylic acids is 1. The molecule has 2 aromatic carbocycles. The Morgan fingerprint density at radius 1 is 1.11 bits per heavy atom. The predicted octanol–water partition coefficient (Wildman–Crippen LogP) is 4.58. The molecule has 2 atom stereocenters. The van der Waals surface area contributed by atoms with E-state index in [-0.39, 0.29) is 24.5 Å². The zero-order valence-electron chi connectivity index (χ0n) is 27.5. The molecular formula is C37H43N7O3. The number of piperazine rings is 1. The molecule has 244 valence electrons. The minimum atomic E-state index is -0.314. The van der Waals surface area contributed by atoms with Crippen LogP contribution in [0.5, 0.6) is 5.88 Å². The average molecular weight is 634 g/mol. The van der Waals surface area contributed by atoms with Crippen LogP contribution in [0.4, 0.5) is 11.4 Å². The van der Waals surface area contributed by atoms with Gasteiger partial charge in [-0.05, 0) is 55.8 Å². The minimum absolute atomic E-state index is 0.180. The number of methoxy groups -OCH3 is 1. The highest BCUT2D eigenvalue weighted by atomic mass is 16.5. The van der Waals surface area contributed by atoms with Crippen molar-refractivity contribution in [1.29, 1.82) is 10.5 Å². The summed E-state index contributed by atoms with van der Waals surface area (Å²) in [5.41, 5.74) is 5.58. The van der Waals surface area contributed by atoms with Gasteiger partial charge < -0.3 is 24.2 Å². The standard InChI is InChI=1S/C37H43N7O3/c1-4-34(45)44-19-18-43(23-28(44)13-15-38)36-30-14-17-42(33-12-6-10-27-9-5-8-26(2)35(27)33)25-32(30)40-37(31(36)22-39)47-21-20-41-16-7-11-29(24-41)46-3/h4-6,8-10,12,28-29H,1,7,11,13-14,16-21,23-25H2,2-3H3/t28-,29?/m0/s1. The number of likely N-dealkylation sites (tertiary alicyclic amines) is 1. The number of ether oxygens (including phenoxy) is 2. The van der Waals surface area contributed by atoms with Gasteiger partial charge in [0.25, 0.3) is 0 Å². The quantitative estimate of drug-likeness (QED) is 0.313. The Hall–Kier alpha value is -4.64. The molecule has 1 unspecified atom stereocenters. The lowest BCUT2D eigenvalue weighted by Gasteiger charge is -2.43. The topological polar surface area (TPSA) is 109 Å². The molecule has 2 saturated heterocycles. The van der Waals surface area contributed by atoms with Crippen molar-refractivity contribution < 1.29 is 14.3 Å². The van der Waals surface area contributed by atoms with E-state index in [1.54, 1.807) is 12.0 Å². The lowest BCUT2D eigenvalue weighted by molar-refractivity contribution is -0.128. The van der Waals surface area contributed by atoms with E-state index in [2.05, 4.69) is 76.7 Å². The third-order valence-corrected chi connectivity index (χ3v) is 9.86. The van der Waals surface area contributed by atoms with Gasteiger partial charge in [-0.15, -0.1) is 0 Å². The van der Waals surface area contributed by atoms with Gasteiger partial charge in [-0.25, -0.2) is 4.98 Å². The van der Waals surface area contributed by atoms with Crippen LogP contribution in [0.25, 0.3) is 10.8 Å². The Morgan fingerprint density at radius 3 is 2.70 bits per heavy atom. The summed E-state index contributed by atoms with van der Waals surface area (Å²) in [6.07, 6.45) is 4.58. The van der Waals surface area contributed by atoms with Crippen molar-refractivity contribution >= 4 is 28.1 Å². The number of amides is 1. The van der Waals surface area contributed by atoms with Crippen LogP contribution in [-0.2, 0) is 22.5 Å². The molecule has 6 rings (SSSR count). The van der Waals surface area contributed by atoms with Gasteiger partial charge in [-0.2, -0.15) is 10.5 Å². The van der Waals surface area contributed by atoms with Crippen molar-refractivity contribution in [2.45, 2.75) is 51.3 Å². The van der Waals surface area contributed by atoms with Gasteiger partial charge in [-0.1, -0.05) is 36.9 Å². The summed E-state index contributed by atoms with van der Waals surface area (Å²) in [4.78, 5) is 26.3. The van der Waals surface area contributed by atoms with Crippen LogP contribution in [0.2, 0.25) is 0 Å². The first kappa shape index (κ1) is 32.3. The summed E-state index contributed by atoms with van der Waals surface area (Å²) >= 11 is 0. The molecule has 0 saturated carbocycles. The van der Waals surface area contributed by atoms with E-state index in [1.165, 1.54) is 28.1 Å². The Kier molecular flexibility index (Phi) is 9.91. The fourth-order valence-corrected chi connectivity index (χ4v) is 7.49. The van der Waals surface area contributed by atoms with Crippen LogP contribution in [-0.4, -0.2) is 92.4 Å². The molecule has 0 aliphatic carbocycles. The SMILES string of the molecule is C=CC(=O)N1CCN(c2c(C#N)c(OCCN3CCCC(OC)C3)nc3c2CCN(c2cccc4cccc(C)c24)C3)C[C@@H]1CC#N. The lowest BCUT2D eigenvalue weighted by atomic mass is 9.95. The number of nitriles is 2. The highest BCUT2D eigenvalue weighted by Gasteiger charge is 2.35. The van der Waals surface area contributed by atoms with Crippen LogP contribution >= 0.6 is 0 Å². The molecule has 1 aromatic heterocycles. The molecule has 0 spiro atoms. The van der Waals surface area contributed by atoms with E-state index in [4.69, 9.17) is 14.5 Å². The van der Waals surface area contributed by atoms with Crippen LogP contribution in [0.3, 0.4) is 0 Å². The van der Waals surface area contributed by atoms with Crippen LogP contribution in [0.1, 0.15) is 41.6 Å². The molecule has 10 heteroatoms. The molecule has 3 aliphatic heterocycles. The zero-order valence-corrected chi connectivity index (χ0v) is 27.5. The Labute approximate surface area is 277 Å². The number of carbonyl (C=O) groups is 1. The first-order chi connectivity index (χ1) is 22.9. The number of hydrogen-bond donors (Lipinski definition) is 0. The van der Waals surface area contributed by atoms with E-state index in [9.17, 15) is 15.3 Å². The van der Waals surface area contributed by atoms with Gasteiger partial charge in [0.2, 0.25) is 11.8 Å². The highest BCUT2D eigenvalue weighted by Crippen LogP contribution is 2.40. The summed E-state index contributed by atoms with van der Waals surface area (Å²) in [6, 6.07) is 17.2. The van der Waals surface area contributed by atoms with Crippen molar-refractivity contribution in [2.24, 2.45) is 0 Å². The van der Waals surface area contributed by atoms with Crippen LogP contribution in [0, 0.1) is 29.6 Å². The molecule has 3 aliphatic rings. The largest absolute Gasteiger partial charge is 0.475 e. The Bertz CT molecular complexity index is 1720. The van der Waals surface area contributed by atoms with Gasteiger partial charge in [0.15, 0.2) is 0 Å². The number of aryl methyl sites for hydroxylation is 1. The molecular weight excluding hydrogens is 590 g/mol.